The second-order valence-corrected chi connectivity index (χ2v) is 6.01. The Bertz CT molecular complexity index is 691. The predicted octanol–water partition coefficient (Wildman–Crippen LogP) is 3.09. The topological polar surface area (TPSA) is 56.2 Å². The van der Waals surface area contributed by atoms with E-state index in [-0.39, 0.29) is 5.91 Å². The van der Waals surface area contributed by atoms with E-state index < -0.39 is 0 Å². The summed E-state index contributed by atoms with van der Waals surface area (Å²) in [4.78, 5) is 16.2. The summed E-state index contributed by atoms with van der Waals surface area (Å²) in [5.74, 6) is 1.05. The van der Waals surface area contributed by atoms with Crippen molar-refractivity contribution in [3.63, 3.8) is 0 Å². The number of carbonyl (C=O) groups is 1. The molecule has 0 saturated carbocycles. The molecule has 1 aromatic heterocycles. The lowest BCUT2D eigenvalue weighted by Crippen LogP contribution is -2.24. The average Bonchev–Trinajstić information content (AvgIpc) is 2.93. The molecule has 0 saturated heterocycles. The first kappa shape index (κ1) is 18.2. The van der Waals surface area contributed by atoms with E-state index in [1.807, 2.05) is 12.1 Å². The molecule has 5 heteroatoms. The molecule has 0 aliphatic rings. The van der Waals surface area contributed by atoms with Gasteiger partial charge in [0, 0.05) is 32.2 Å². The van der Waals surface area contributed by atoms with Gasteiger partial charge in [-0.05, 0) is 31.9 Å². The first-order valence-electron chi connectivity index (χ1n) is 8.50. The molecule has 0 bridgehead atoms. The lowest BCUT2D eigenvalue weighted by Gasteiger charge is -2.09. The van der Waals surface area contributed by atoms with Crippen molar-refractivity contribution in [2.45, 2.75) is 39.2 Å². The second-order valence-electron chi connectivity index (χ2n) is 6.01. The normalized spacial score (nSPS) is 10.9. The second kappa shape index (κ2) is 9.23. The Labute approximate surface area is 143 Å². The van der Waals surface area contributed by atoms with E-state index >= 15 is 0 Å². The Hall–Kier alpha value is -2.14. The largest absolute Gasteiger partial charge is 0.383 e. The predicted molar refractivity (Wildman–Crippen MR) is 97.0 cm³/mol. The van der Waals surface area contributed by atoms with Crippen molar-refractivity contribution in [2.75, 3.05) is 20.3 Å². The zero-order valence-corrected chi connectivity index (χ0v) is 14.7. The molecule has 0 fully saturated rings. The maximum Gasteiger partial charge on any atom is 0.246 e. The molecule has 130 valence electrons. The zero-order chi connectivity index (χ0) is 17.4. The number of hydrogen-bond donors (Lipinski definition) is 1. The molecule has 5 nitrogen and oxygen atoms in total. The number of carbonyl (C=O) groups excluding carboxylic acids is 1. The summed E-state index contributed by atoms with van der Waals surface area (Å²) in [6.45, 7) is 7.55. The van der Waals surface area contributed by atoms with Crippen molar-refractivity contribution in [1.29, 1.82) is 0 Å². The van der Waals surface area contributed by atoms with E-state index in [1.165, 1.54) is 5.52 Å². The summed E-state index contributed by atoms with van der Waals surface area (Å²) >= 11 is 0. The SMILES string of the molecule is C=C(C)C(=O)NCCCCCc1nc2ccccc2n1CCOC. The molecule has 1 amide bonds. The third-order valence-electron chi connectivity index (χ3n) is 4.00. The van der Waals surface area contributed by atoms with E-state index in [0.29, 0.717) is 18.7 Å². The number of fused-ring (bicyclic) bond motifs is 1. The van der Waals surface area contributed by atoms with Gasteiger partial charge in [0.25, 0.3) is 0 Å². The highest BCUT2D eigenvalue weighted by molar-refractivity contribution is 5.92. The van der Waals surface area contributed by atoms with Gasteiger partial charge in [-0.25, -0.2) is 4.98 Å². The molecule has 0 atom stereocenters. The van der Waals surface area contributed by atoms with Crippen LogP contribution in [0.4, 0.5) is 0 Å². The number of methoxy groups -OCH3 is 1. The molecule has 2 rings (SSSR count). The average molecular weight is 329 g/mol. The third kappa shape index (κ3) is 4.93. The number of imidazole rings is 1. The molecule has 0 unspecified atom stereocenters. The molecule has 0 spiro atoms. The van der Waals surface area contributed by atoms with Gasteiger partial charge in [0.15, 0.2) is 0 Å². The molecular weight excluding hydrogens is 302 g/mol. The number of ether oxygens (including phenoxy) is 1. The Morgan fingerprint density at radius 2 is 2.08 bits per heavy atom. The van der Waals surface area contributed by atoms with E-state index in [0.717, 1.165) is 43.6 Å². The van der Waals surface area contributed by atoms with Gasteiger partial charge in [0.05, 0.1) is 17.6 Å². The molecule has 1 aromatic carbocycles. The zero-order valence-electron chi connectivity index (χ0n) is 14.7. The quantitative estimate of drug-likeness (QED) is 0.538. The number of benzene rings is 1. The van der Waals surface area contributed by atoms with Crippen LogP contribution in [0.2, 0.25) is 0 Å². The number of aryl methyl sites for hydroxylation is 1. The van der Waals surface area contributed by atoms with Crippen molar-refractivity contribution < 1.29 is 9.53 Å². The lowest BCUT2D eigenvalue weighted by atomic mass is 10.2. The van der Waals surface area contributed by atoms with E-state index in [9.17, 15) is 4.79 Å². The van der Waals surface area contributed by atoms with Gasteiger partial charge in [0.2, 0.25) is 5.91 Å². The fourth-order valence-electron chi connectivity index (χ4n) is 2.69. The summed E-state index contributed by atoms with van der Waals surface area (Å²) in [6, 6.07) is 8.22. The molecule has 1 N–H and O–H groups in total. The smallest absolute Gasteiger partial charge is 0.246 e. The monoisotopic (exact) mass is 329 g/mol. The summed E-state index contributed by atoms with van der Waals surface area (Å²) in [7, 11) is 1.72. The van der Waals surface area contributed by atoms with Crippen LogP contribution in [0.25, 0.3) is 11.0 Å². The minimum Gasteiger partial charge on any atom is -0.383 e. The molecule has 0 aliphatic carbocycles. The van der Waals surface area contributed by atoms with Crippen LogP contribution >= 0.6 is 0 Å². The Morgan fingerprint density at radius 1 is 1.29 bits per heavy atom. The number of para-hydroxylation sites is 2. The van der Waals surface area contributed by atoms with Gasteiger partial charge in [-0.2, -0.15) is 0 Å². The van der Waals surface area contributed by atoms with E-state index in [4.69, 9.17) is 9.72 Å². The number of rotatable bonds is 10. The Balaban J connectivity index is 1.85. The van der Waals surface area contributed by atoms with Gasteiger partial charge < -0.3 is 14.6 Å². The van der Waals surface area contributed by atoms with Crippen LogP contribution in [0.15, 0.2) is 36.4 Å². The van der Waals surface area contributed by atoms with Gasteiger partial charge in [-0.1, -0.05) is 25.1 Å². The maximum absolute atomic E-state index is 11.4. The molecule has 0 aliphatic heterocycles. The van der Waals surface area contributed by atoms with Gasteiger partial charge in [-0.15, -0.1) is 0 Å². The maximum atomic E-state index is 11.4. The van der Waals surface area contributed by atoms with Gasteiger partial charge >= 0.3 is 0 Å². The van der Waals surface area contributed by atoms with Gasteiger partial charge in [0.1, 0.15) is 5.82 Å². The standard InChI is InChI=1S/C19H27N3O2/c1-15(2)19(23)20-12-8-4-5-11-18-21-16-9-6-7-10-17(16)22(18)13-14-24-3/h6-7,9-10H,1,4-5,8,11-14H2,2-3H3,(H,20,23). The number of unbranched alkanes of at least 4 members (excludes halogenated alkanes) is 2. The van der Waals surface area contributed by atoms with Crippen LogP contribution in [-0.2, 0) is 22.5 Å². The first-order valence-corrected chi connectivity index (χ1v) is 8.50. The summed E-state index contributed by atoms with van der Waals surface area (Å²) in [5.41, 5.74) is 2.76. The fourth-order valence-corrected chi connectivity index (χ4v) is 2.69. The first-order chi connectivity index (χ1) is 11.6. The van der Waals surface area contributed by atoms with Crippen LogP contribution in [0.1, 0.15) is 32.0 Å². The number of nitrogens with zero attached hydrogens (tertiary/aromatic N) is 2. The minimum atomic E-state index is -0.0589. The number of nitrogens with one attached hydrogen (secondary N) is 1. The van der Waals surface area contributed by atoms with Crippen molar-refractivity contribution in [2.24, 2.45) is 0 Å². The number of aromatic nitrogens is 2. The van der Waals surface area contributed by atoms with Gasteiger partial charge in [-0.3, -0.25) is 4.79 Å². The fraction of sp³-hybridized carbons (Fsp3) is 0.474. The third-order valence-corrected chi connectivity index (χ3v) is 4.00. The number of amides is 1. The van der Waals surface area contributed by atoms with Crippen molar-refractivity contribution >= 4 is 16.9 Å². The van der Waals surface area contributed by atoms with Crippen LogP contribution < -0.4 is 5.32 Å². The summed E-state index contributed by atoms with van der Waals surface area (Å²) in [6.07, 6.45) is 4.02. The van der Waals surface area contributed by atoms with Crippen LogP contribution in [0.3, 0.4) is 0 Å². The molecule has 24 heavy (non-hydrogen) atoms. The molecule has 2 aromatic rings. The van der Waals surface area contributed by atoms with Crippen molar-refractivity contribution in [3.05, 3.63) is 42.2 Å². The summed E-state index contributed by atoms with van der Waals surface area (Å²) < 4.78 is 7.47. The molecule has 0 radical (unpaired) electrons. The van der Waals surface area contributed by atoms with Crippen molar-refractivity contribution in [3.8, 4) is 0 Å². The highest BCUT2D eigenvalue weighted by Crippen LogP contribution is 2.17. The Morgan fingerprint density at radius 3 is 2.83 bits per heavy atom. The number of hydrogen-bond acceptors (Lipinski definition) is 3. The summed E-state index contributed by atoms with van der Waals surface area (Å²) in [5, 5.41) is 2.87. The van der Waals surface area contributed by atoms with Crippen LogP contribution in [0.5, 0.6) is 0 Å². The lowest BCUT2D eigenvalue weighted by molar-refractivity contribution is -0.117. The van der Waals surface area contributed by atoms with Crippen LogP contribution in [-0.4, -0.2) is 35.7 Å². The van der Waals surface area contributed by atoms with E-state index in [1.54, 1.807) is 14.0 Å². The Kier molecular flexibility index (Phi) is 7.00. The highest BCUT2D eigenvalue weighted by Gasteiger charge is 2.09. The highest BCUT2D eigenvalue weighted by atomic mass is 16.5. The van der Waals surface area contributed by atoms with Crippen molar-refractivity contribution in [1.82, 2.24) is 14.9 Å². The molecule has 1 heterocycles. The minimum absolute atomic E-state index is 0.0589. The molecular formula is C19H27N3O2. The van der Waals surface area contributed by atoms with E-state index in [2.05, 4.69) is 28.6 Å². The van der Waals surface area contributed by atoms with Crippen LogP contribution in [0, 0.1) is 0 Å².